The molecule has 118 valence electrons. The number of rotatable bonds is 2. The minimum absolute atomic E-state index is 0.190. The molecule has 8 heteroatoms. The highest BCUT2D eigenvalue weighted by Gasteiger charge is 2.13. The third kappa shape index (κ3) is 6.51. The van der Waals surface area contributed by atoms with E-state index in [0.717, 1.165) is 26.2 Å². The zero-order valence-electron chi connectivity index (χ0n) is 11.9. The van der Waals surface area contributed by atoms with Gasteiger partial charge < -0.3 is 20.8 Å². The first-order valence-electron chi connectivity index (χ1n) is 6.62. The number of aliphatic imine (C=N–C) groups is 2. The number of nitrogens with one attached hydrogen (secondary N) is 2. The summed E-state index contributed by atoms with van der Waals surface area (Å²) in [6.45, 7) is 3.97. The van der Waals surface area contributed by atoms with E-state index in [0.29, 0.717) is 0 Å². The van der Waals surface area contributed by atoms with Crippen molar-refractivity contribution in [3.63, 3.8) is 0 Å². The van der Waals surface area contributed by atoms with E-state index in [4.69, 9.17) is 10.2 Å². The van der Waals surface area contributed by atoms with Gasteiger partial charge in [0.2, 0.25) is 0 Å². The quantitative estimate of drug-likeness (QED) is 0.624. The van der Waals surface area contributed by atoms with Crippen molar-refractivity contribution in [2.45, 2.75) is 0 Å². The van der Waals surface area contributed by atoms with Crippen LogP contribution >= 0.6 is 0 Å². The fourth-order valence-corrected chi connectivity index (χ4v) is 1.50. The molecule has 1 aromatic rings. The zero-order valence-corrected chi connectivity index (χ0v) is 11.9. The number of hydrogen-bond donors (Lipinski definition) is 4. The maximum absolute atomic E-state index is 10.5. The van der Waals surface area contributed by atoms with Crippen LogP contribution in [0.3, 0.4) is 0 Å². The van der Waals surface area contributed by atoms with E-state index in [1.165, 1.54) is 24.3 Å². The molecule has 3 rings (SSSR count). The minimum atomic E-state index is -1.23. The molecule has 4 N–H and O–H groups in total. The van der Waals surface area contributed by atoms with Gasteiger partial charge in [-0.3, -0.25) is 9.98 Å². The summed E-state index contributed by atoms with van der Waals surface area (Å²) in [5.74, 6) is -2.46. The Morgan fingerprint density at radius 1 is 0.864 bits per heavy atom. The number of carboxylic acid groups (broad SMARTS) is 2. The van der Waals surface area contributed by atoms with Crippen LogP contribution in [0.1, 0.15) is 20.7 Å². The second kappa shape index (κ2) is 9.92. The monoisotopic (exact) mass is 306 g/mol. The second-order valence-electron chi connectivity index (χ2n) is 4.13. The minimum Gasteiger partial charge on any atom is -0.478 e. The average molecular weight is 306 g/mol. The lowest BCUT2D eigenvalue weighted by atomic mass is 10.1. The number of benzene rings is 1. The Kier molecular flexibility index (Phi) is 7.73. The lowest BCUT2D eigenvalue weighted by Crippen LogP contribution is -2.06. The first kappa shape index (κ1) is 17.2. The predicted molar refractivity (Wildman–Crippen MR) is 83.1 cm³/mol. The standard InChI is InChI=1S/C8H6O4.2C3H6N2/c9-7(10)5-3-1-2-4-6(5)8(11)12;2*1-2-5-3-4-1/h1-4H,(H,9,10)(H,11,12);2*3H,1-2H2,(H,4,5). The molecular formula is C14H18N4O4. The van der Waals surface area contributed by atoms with Gasteiger partial charge in [-0.25, -0.2) is 9.59 Å². The average Bonchev–Trinajstić information content (AvgIpc) is 3.25. The fourth-order valence-electron chi connectivity index (χ4n) is 1.50. The van der Waals surface area contributed by atoms with Crippen molar-refractivity contribution >= 4 is 24.6 Å². The Morgan fingerprint density at radius 2 is 1.27 bits per heavy atom. The Hall–Kier alpha value is -2.90. The van der Waals surface area contributed by atoms with Crippen molar-refractivity contribution in [1.29, 1.82) is 0 Å². The molecule has 2 heterocycles. The zero-order chi connectivity index (χ0) is 16.2. The van der Waals surface area contributed by atoms with Gasteiger partial charge in [0.1, 0.15) is 0 Å². The number of hydrogen-bond acceptors (Lipinski definition) is 6. The van der Waals surface area contributed by atoms with Gasteiger partial charge in [0.05, 0.1) is 36.9 Å². The molecule has 0 radical (unpaired) electrons. The molecule has 0 amide bonds. The molecule has 2 aliphatic rings. The summed E-state index contributed by atoms with van der Waals surface area (Å²) in [6.07, 6.45) is 3.47. The first-order valence-corrected chi connectivity index (χ1v) is 6.62. The Labute approximate surface area is 127 Å². The van der Waals surface area contributed by atoms with Crippen molar-refractivity contribution in [2.24, 2.45) is 9.98 Å². The van der Waals surface area contributed by atoms with Crippen molar-refractivity contribution < 1.29 is 19.8 Å². The van der Waals surface area contributed by atoms with Crippen LogP contribution < -0.4 is 10.6 Å². The summed E-state index contributed by atoms with van der Waals surface area (Å²) in [7, 11) is 0. The molecular weight excluding hydrogens is 288 g/mol. The van der Waals surface area contributed by atoms with Crippen molar-refractivity contribution in [3.05, 3.63) is 35.4 Å². The van der Waals surface area contributed by atoms with E-state index in [2.05, 4.69) is 20.6 Å². The smallest absolute Gasteiger partial charge is 0.336 e. The Morgan fingerprint density at radius 3 is 1.45 bits per heavy atom. The summed E-state index contributed by atoms with van der Waals surface area (Å²) in [4.78, 5) is 28.6. The molecule has 0 bridgehead atoms. The third-order valence-corrected chi connectivity index (χ3v) is 2.52. The highest BCUT2D eigenvalue weighted by molar-refractivity contribution is 6.01. The molecule has 0 saturated carbocycles. The maximum Gasteiger partial charge on any atom is 0.336 e. The SMILES string of the molecule is C1=NCCN1.C1=NCCN1.O=C(O)c1ccccc1C(=O)O. The lowest BCUT2D eigenvalue weighted by Gasteiger charge is -1.98. The Balaban J connectivity index is 0.000000197. The summed E-state index contributed by atoms with van der Waals surface area (Å²) in [5.41, 5.74) is -0.380. The van der Waals surface area contributed by atoms with Crippen LogP contribution in [0, 0.1) is 0 Å². The largest absolute Gasteiger partial charge is 0.478 e. The molecule has 1 aromatic carbocycles. The van der Waals surface area contributed by atoms with E-state index < -0.39 is 11.9 Å². The summed E-state index contributed by atoms with van der Waals surface area (Å²) in [6, 6.07) is 5.48. The van der Waals surface area contributed by atoms with E-state index >= 15 is 0 Å². The molecule has 0 spiro atoms. The van der Waals surface area contributed by atoms with Crippen LogP contribution in [0.15, 0.2) is 34.3 Å². The normalized spacial score (nSPS) is 13.8. The molecule has 0 fully saturated rings. The fraction of sp³-hybridized carbons (Fsp3) is 0.286. The highest BCUT2D eigenvalue weighted by atomic mass is 16.4. The van der Waals surface area contributed by atoms with Gasteiger partial charge in [0, 0.05) is 13.1 Å². The van der Waals surface area contributed by atoms with Gasteiger partial charge in [0.25, 0.3) is 0 Å². The molecule has 22 heavy (non-hydrogen) atoms. The van der Waals surface area contributed by atoms with Crippen molar-refractivity contribution in [2.75, 3.05) is 26.2 Å². The van der Waals surface area contributed by atoms with Crippen LogP contribution in [-0.4, -0.2) is 61.0 Å². The molecule has 0 atom stereocenters. The van der Waals surface area contributed by atoms with E-state index in [-0.39, 0.29) is 11.1 Å². The molecule has 0 saturated heterocycles. The van der Waals surface area contributed by atoms with E-state index in [9.17, 15) is 9.59 Å². The third-order valence-electron chi connectivity index (χ3n) is 2.52. The van der Waals surface area contributed by atoms with Crippen LogP contribution in [-0.2, 0) is 0 Å². The van der Waals surface area contributed by atoms with E-state index in [1.54, 1.807) is 12.7 Å². The number of carbonyl (C=O) groups is 2. The summed E-state index contributed by atoms with van der Waals surface area (Å²) >= 11 is 0. The first-order chi connectivity index (χ1) is 10.6. The van der Waals surface area contributed by atoms with Crippen molar-refractivity contribution in [1.82, 2.24) is 10.6 Å². The summed E-state index contributed by atoms with van der Waals surface area (Å²) < 4.78 is 0. The van der Waals surface area contributed by atoms with Crippen LogP contribution in [0.2, 0.25) is 0 Å². The predicted octanol–water partition coefficient (Wildman–Crippen LogP) is 0.319. The topological polar surface area (TPSA) is 123 Å². The Bertz CT molecular complexity index is 497. The number of nitrogens with zero attached hydrogens (tertiary/aromatic N) is 2. The molecule has 8 nitrogen and oxygen atoms in total. The van der Waals surface area contributed by atoms with Gasteiger partial charge in [-0.15, -0.1) is 0 Å². The van der Waals surface area contributed by atoms with Crippen LogP contribution in [0.25, 0.3) is 0 Å². The lowest BCUT2D eigenvalue weighted by molar-refractivity contribution is 0.0651. The second-order valence-corrected chi connectivity index (χ2v) is 4.13. The van der Waals surface area contributed by atoms with Gasteiger partial charge in [-0.2, -0.15) is 0 Å². The molecule has 0 aliphatic carbocycles. The molecule has 2 aliphatic heterocycles. The van der Waals surface area contributed by atoms with Gasteiger partial charge in [-0.1, -0.05) is 12.1 Å². The van der Waals surface area contributed by atoms with Crippen LogP contribution in [0.4, 0.5) is 0 Å². The van der Waals surface area contributed by atoms with Gasteiger partial charge in [-0.05, 0) is 12.1 Å². The number of aromatic carboxylic acids is 2. The van der Waals surface area contributed by atoms with Gasteiger partial charge in [0.15, 0.2) is 0 Å². The summed E-state index contributed by atoms with van der Waals surface area (Å²) in [5, 5.41) is 23.0. The maximum atomic E-state index is 10.5. The van der Waals surface area contributed by atoms with Gasteiger partial charge >= 0.3 is 11.9 Å². The number of carboxylic acids is 2. The van der Waals surface area contributed by atoms with Crippen LogP contribution in [0.5, 0.6) is 0 Å². The van der Waals surface area contributed by atoms with Crippen molar-refractivity contribution in [3.8, 4) is 0 Å². The van der Waals surface area contributed by atoms with E-state index in [1.807, 2.05) is 0 Å². The molecule has 0 unspecified atom stereocenters. The highest BCUT2D eigenvalue weighted by Crippen LogP contribution is 2.07. The molecule has 0 aromatic heterocycles.